The first kappa shape index (κ1) is 15.1. The van der Waals surface area contributed by atoms with Crippen LogP contribution in [0.5, 0.6) is 0 Å². The van der Waals surface area contributed by atoms with Crippen LogP contribution in [0.2, 0.25) is 10.0 Å². The number of halogens is 2. The SMILES string of the molecule is S=C(Nc1ccc(Cl)c(Cl)c1)N1[C@@H]2CC[C@H]1c1cncnc1C2. The summed E-state index contributed by atoms with van der Waals surface area (Å²) in [5, 5.41) is 5.05. The van der Waals surface area contributed by atoms with Crippen LogP contribution in [0.15, 0.2) is 30.7 Å². The van der Waals surface area contributed by atoms with Gasteiger partial charge in [-0.2, -0.15) is 0 Å². The van der Waals surface area contributed by atoms with Gasteiger partial charge < -0.3 is 10.2 Å². The van der Waals surface area contributed by atoms with Gasteiger partial charge in [-0.25, -0.2) is 9.97 Å². The van der Waals surface area contributed by atoms with E-state index in [0.717, 1.165) is 30.6 Å². The Kier molecular flexibility index (Phi) is 3.87. The highest BCUT2D eigenvalue weighted by Crippen LogP contribution is 2.43. The van der Waals surface area contributed by atoms with Crippen LogP contribution in [0.25, 0.3) is 0 Å². The lowest BCUT2D eigenvalue weighted by Crippen LogP contribution is -2.44. The van der Waals surface area contributed by atoms with E-state index in [2.05, 4.69) is 20.2 Å². The molecule has 118 valence electrons. The summed E-state index contributed by atoms with van der Waals surface area (Å²) in [4.78, 5) is 10.9. The molecule has 1 saturated heterocycles. The van der Waals surface area contributed by atoms with Gasteiger partial charge in [0.2, 0.25) is 0 Å². The second kappa shape index (κ2) is 5.89. The number of nitrogens with one attached hydrogen (secondary N) is 1. The van der Waals surface area contributed by atoms with Gasteiger partial charge in [-0.1, -0.05) is 23.2 Å². The molecule has 7 heteroatoms. The number of nitrogens with zero attached hydrogens (tertiary/aromatic N) is 3. The van der Waals surface area contributed by atoms with E-state index < -0.39 is 0 Å². The van der Waals surface area contributed by atoms with Gasteiger partial charge in [-0.05, 0) is 43.3 Å². The lowest BCUT2D eigenvalue weighted by atomic mass is 10.00. The maximum Gasteiger partial charge on any atom is 0.174 e. The van der Waals surface area contributed by atoms with Crippen LogP contribution in [0.1, 0.15) is 30.1 Å². The molecule has 1 fully saturated rings. The van der Waals surface area contributed by atoms with E-state index in [0.29, 0.717) is 21.2 Å². The van der Waals surface area contributed by atoms with Crippen LogP contribution < -0.4 is 5.32 Å². The summed E-state index contributed by atoms with van der Waals surface area (Å²) in [6, 6.07) is 6.09. The quantitative estimate of drug-likeness (QED) is 0.766. The second-order valence-electron chi connectivity index (χ2n) is 5.84. The van der Waals surface area contributed by atoms with E-state index in [1.54, 1.807) is 18.5 Å². The van der Waals surface area contributed by atoms with Crippen molar-refractivity contribution in [3.05, 3.63) is 52.0 Å². The fourth-order valence-corrected chi connectivity index (χ4v) is 4.19. The summed E-state index contributed by atoms with van der Waals surface area (Å²) in [5.41, 5.74) is 3.19. The number of benzene rings is 1. The molecule has 3 heterocycles. The van der Waals surface area contributed by atoms with E-state index in [9.17, 15) is 0 Å². The molecule has 2 atom stereocenters. The van der Waals surface area contributed by atoms with Crippen molar-refractivity contribution in [3.8, 4) is 0 Å². The molecule has 0 saturated carbocycles. The monoisotopic (exact) mass is 364 g/mol. The lowest BCUT2D eigenvalue weighted by molar-refractivity contribution is 0.294. The van der Waals surface area contributed by atoms with Crippen molar-refractivity contribution in [3.63, 3.8) is 0 Å². The molecule has 1 N–H and O–H groups in total. The predicted octanol–water partition coefficient (Wildman–Crippen LogP) is 4.24. The minimum atomic E-state index is 0.257. The van der Waals surface area contributed by atoms with Crippen LogP contribution in [-0.4, -0.2) is 26.0 Å². The third-order valence-corrected chi connectivity index (χ3v) is 5.57. The Morgan fingerprint density at radius 3 is 2.96 bits per heavy atom. The number of fused-ring (bicyclic) bond motifs is 4. The number of hydrogen-bond donors (Lipinski definition) is 1. The summed E-state index contributed by atoms with van der Waals surface area (Å²) in [6.45, 7) is 0. The average Bonchev–Trinajstić information content (AvgIpc) is 2.86. The van der Waals surface area contributed by atoms with E-state index in [4.69, 9.17) is 35.4 Å². The maximum atomic E-state index is 6.07. The molecule has 2 aromatic rings. The molecule has 4 nitrogen and oxygen atoms in total. The molecule has 0 amide bonds. The van der Waals surface area contributed by atoms with Gasteiger partial charge in [-0.15, -0.1) is 0 Å². The van der Waals surface area contributed by atoms with E-state index in [1.807, 2.05) is 12.3 Å². The Morgan fingerprint density at radius 2 is 2.13 bits per heavy atom. The van der Waals surface area contributed by atoms with Gasteiger partial charge in [-0.3, -0.25) is 0 Å². The van der Waals surface area contributed by atoms with E-state index >= 15 is 0 Å². The summed E-state index contributed by atoms with van der Waals surface area (Å²) in [5.74, 6) is 0. The largest absolute Gasteiger partial charge is 0.338 e. The van der Waals surface area contributed by atoms with Crippen molar-refractivity contribution >= 4 is 46.2 Å². The number of aromatic nitrogens is 2. The number of hydrogen-bond acceptors (Lipinski definition) is 3. The summed E-state index contributed by atoms with van der Waals surface area (Å²) < 4.78 is 0. The number of thiocarbonyl (C=S) groups is 1. The Labute approximate surface area is 149 Å². The Morgan fingerprint density at radius 1 is 1.26 bits per heavy atom. The Balaban J connectivity index is 1.59. The van der Waals surface area contributed by atoms with Gasteiger partial charge in [0, 0.05) is 29.9 Å². The summed E-state index contributed by atoms with van der Waals surface area (Å²) in [7, 11) is 0. The molecule has 2 aliphatic rings. The summed E-state index contributed by atoms with van der Waals surface area (Å²) in [6.07, 6.45) is 6.65. The highest BCUT2D eigenvalue weighted by atomic mass is 35.5. The molecule has 0 unspecified atom stereocenters. The molecule has 1 aromatic heterocycles. The molecule has 0 radical (unpaired) electrons. The molecule has 2 bridgehead atoms. The first-order chi connectivity index (χ1) is 11.1. The Hall–Kier alpha value is -1.43. The standard InChI is InChI=1S/C16H14Cl2N4S/c17-12-3-1-9(5-13(12)18)21-16(23)22-10-2-4-15(22)11-7-19-8-20-14(11)6-10/h1,3,5,7-8,10,15H,2,4,6H2,(H,21,23)/t10-,15+/m1/s1. The van der Waals surface area contributed by atoms with Crippen LogP contribution in [-0.2, 0) is 6.42 Å². The molecule has 23 heavy (non-hydrogen) atoms. The van der Waals surface area contributed by atoms with Crippen molar-refractivity contribution in [2.75, 3.05) is 5.32 Å². The predicted molar refractivity (Wildman–Crippen MR) is 96.0 cm³/mol. The van der Waals surface area contributed by atoms with Gasteiger partial charge >= 0.3 is 0 Å². The van der Waals surface area contributed by atoms with E-state index in [-0.39, 0.29) is 6.04 Å². The highest BCUT2D eigenvalue weighted by Gasteiger charge is 2.41. The fourth-order valence-electron chi connectivity index (χ4n) is 3.50. The van der Waals surface area contributed by atoms with Crippen LogP contribution in [0.3, 0.4) is 0 Å². The van der Waals surface area contributed by atoms with Crippen molar-refractivity contribution in [1.29, 1.82) is 0 Å². The van der Waals surface area contributed by atoms with Crippen molar-refractivity contribution in [1.82, 2.24) is 14.9 Å². The molecule has 1 aromatic carbocycles. The lowest BCUT2D eigenvalue weighted by Gasteiger charge is -2.37. The molecule has 2 aliphatic heterocycles. The number of anilines is 1. The topological polar surface area (TPSA) is 41.0 Å². The fraction of sp³-hybridized carbons (Fsp3) is 0.312. The van der Waals surface area contributed by atoms with Crippen molar-refractivity contribution in [2.45, 2.75) is 31.3 Å². The molecule has 0 aliphatic carbocycles. The molecule has 4 rings (SSSR count). The van der Waals surface area contributed by atoms with E-state index in [1.165, 1.54) is 5.56 Å². The summed E-state index contributed by atoms with van der Waals surface area (Å²) >= 11 is 17.7. The third-order valence-electron chi connectivity index (χ3n) is 4.52. The zero-order valence-corrected chi connectivity index (χ0v) is 14.5. The number of rotatable bonds is 1. The van der Waals surface area contributed by atoms with Gasteiger partial charge in [0.15, 0.2) is 5.11 Å². The second-order valence-corrected chi connectivity index (χ2v) is 7.04. The molecule has 0 spiro atoms. The normalized spacial score (nSPS) is 21.9. The highest BCUT2D eigenvalue weighted by molar-refractivity contribution is 7.80. The smallest absolute Gasteiger partial charge is 0.174 e. The first-order valence-electron chi connectivity index (χ1n) is 7.46. The van der Waals surface area contributed by atoms with Crippen LogP contribution in [0.4, 0.5) is 5.69 Å². The van der Waals surface area contributed by atoms with Gasteiger partial charge in [0.05, 0.1) is 21.8 Å². The average molecular weight is 365 g/mol. The third kappa shape index (κ3) is 2.67. The van der Waals surface area contributed by atoms with Crippen molar-refractivity contribution < 1.29 is 0 Å². The van der Waals surface area contributed by atoms with Gasteiger partial charge in [0.25, 0.3) is 0 Å². The van der Waals surface area contributed by atoms with Gasteiger partial charge in [0.1, 0.15) is 6.33 Å². The van der Waals surface area contributed by atoms with Crippen LogP contribution in [0, 0.1) is 0 Å². The van der Waals surface area contributed by atoms with Crippen LogP contribution >= 0.6 is 35.4 Å². The van der Waals surface area contributed by atoms with Crippen molar-refractivity contribution in [2.24, 2.45) is 0 Å². The molecular formula is C16H14Cl2N4S. The zero-order valence-electron chi connectivity index (χ0n) is 12.2. The zero-order chi connectivity index (χ0) is 16.0. The maximum absolute atomic E-state index is 6.07. The minimum absolute atomic E-state index is 0.257. The Bertz CT molecular complexity index is 782. The minimum Gasteiger partial charge on any atom is -0.338 e. The molecular weight excluding hydrogens is 351 g/mol. The first-order valence-corrected chi connectivity index (χ1v) is 8.63.